The molecule has 2 aromatic carbocycles. The van der Waals surface area contributed by atoms with Crippen molar-refractivity contribution in [2.45, 2.75) is 0 Å². The van der Waals surface area contributed by atoms with Gasteiger partial charge in [0.1, 0.15) is 5.58 Å². The van der Waals surface area contributed by atoms with E-state index in [0.29, 0.717) is 26.9 Å². The smallest absolute Gasteiger partial charge is 0.230 e. The predicted octanol–water partition coefficient (Wildman–Crippen LogP) is 4.55. The van der Waals surface area contributed by atoms with Crippen molar-refractivity contribution in [2.75, 3.05) is 5.73 Å². The van der Waals surface area contributed by atoms with Crippen LogP contribution in [0.15, 0.2) is 46.9 Å². The molecule has 3 nitrogen and oxygen atoms in total. The summed E-state index contributed by atoms with van der Waals surface area (Å²) >= 11 is 11.7. The third-order valence-corrected chi connectivity index (χ3v) is 3.43. The maximum atomic E-state index is 12.4. The van der Waals surface area contributed by atoms with Gasteiger partial charge in [0.2, 0.25) is 5.78 Å². The highest BCUT2D eigenvalue weighted by molar-refractivity contribution is 6.31. The molecule has 2 N–H and O–H groups in total. The van der Waals surface area contributed by atoms with Crippen molar-refractivity contribution < 1.29 is 9.21 Å². The number of hydrogen-bond acceptors (Lipinski definition) is 3. The lowest BCUT2D eigenvalue weighted by Crippen LogP contribution is -2.04. The highest BCUT2D eigenvalue weighted by Crippen LogP contribution is 2.26. The Morgan fingerprint density at radius 1 is 1.00 bits per heavy atom. The number of halogens is 2. The second-order valence-electron chi connectivity index (χ2n) is 4.35. The SMILES string of the molecule is Nc1cc(Cl)ccc1C(=O)c1cc2cc(Cl)ccc2o1. The average molecular weight is 306 g/mol. The van der Waals surface area contributed by atoms with Crippen LogP contribution in [0.4, 0.5) is 5.69 Å². The van der Waals surface area contributed by atoms with Gasteiger partial charge in [-0.25, -0.2) is 0 Å². The van der Waals surface area contributed by atoms with Crippen LogP contribution in [-0.4, -0.2) is 5.78 Å². The Labute approximate surface area is 124 Å². The van der Waals surface area contributed by atoms with Gasteiger partial charge >= 0.3 is 0 Å². The lowest BCUT2D eigenvalue weighted by Gasteiger charge is -2.02. The van der Waals surface area contributed by atoms with Crippen LogP contribution in [0.3, 0.4) is 0 Å². The summed E-state index contributed by atoms with van der Waals surface area (Å²) in [7, 11) is 0. The molecule has 1 heterocycles. The van der Waals surface area contributed by atoms with Crippen LogP contribution in [0.2, 0.25) is 10.0 Å². The summed E-state index contributed by atoms with van der Waals surface area (Å²) in [6, 6.07) is 11.6. The van der Waals surface area contributed by atoms with E-state index in [4.69, 9.17) is 33.4 Å². The molecule has 5 heteroatoms. The second kappa shape index (κ2) is 4.85. The van der Waals surface area contributed by atoms with E-state index < -0.39 is 0 Å². The van der Waals surface area contributed by atoms with E-state index in [0.717, 1.165) is 5.39 Å². The fraction of sp³-hybridized carbons (Fsp3) is 0. The van der Waals surface area contributed by atoms with Crippen molar-refractivity contribution >= 4 is 45.6 Å². The fourth-order valence-electron chi connectivity index (χ4n) is 2.00. The summed E-state index contributed by atoms with van der Waals surface area (Å²) in [5.41, 5.74) is 7.09. The van der Waals surface area contributed by atoms with Gasteiger partial charge in [-0.3, -0.25) is 4.79 Å². The number of nitrogens with two attached hydrogens (primary N) is 1. The van der Waals surface area contributed by atoms with Crippen molar-refractivity contribution in [1.82, 2.24) is 0 Å². The molecule has 0 radical (unpaired) electrons. The summed E-state index contributed by atoms with van der Waals surface area (Å²) in [5.74, 6) is -0.0669. The van der Waals surface area contributed by atoms with E-state index in [1.165, 1.54) is 6.07 Å². The molecule has 100 valence electrons. The Kier molecular flexibility index (Phi) is 3.16. The molecular weight excluding hydrogens is 297 g/mol. The molecule has 0 spiro atoms. The molecule has 0 bridgehead atoms. The Morgan fingerprint density at radius 2 is 1.70 bits per heavy atom. The normalized spacial score (nSPS) is 10.9. The van der Waals surface area contributed by atoms with Gasteiger partial charge in [0.25, 0.3) is 0 Å². The van der Waals surface area contributed by atoms with E-state index in [1.54, 1.807) is 36.4 Å². The molecule has 0 saturated carbocycles. The average Bonchev–Trinajstić information content (AvgIpc) is 2.81. The van der Waals surface area contributed by atoms with Gasteiger partial charge in [0, 0.05) is 26.7 Å². The van der Waals surface area contributed by atoms with Crippen LogP contribution in [0.25, 0.3) is 11.0 Å². The van der Waals surface area contributed by atoms with Crippen LogP contribution < -0.4 is 5.73 Å². The minimum Gasteiger partial charge on any atom is -0.453 e. The van der Waals surface area contributed by atoms with Gasteiger partial charge in [-0.1, -0.05) is 23.2 Å². The number of rotatable bonds is 2. The number of hydrogen-bond donors (Lipinski definition) is 1. The molecule has 0 atom stereocenters. The van der Waals surface area contributed by atoms with Crippen LogP contribution in [0.5, 0.6) is 0 Å². The lowest BCUT2D eigenvalue weighted by atomic mass is 10.1. The molecule has 20 heavy (non-hydrogen) atoms. The highest BCUT2D eigenvalue weighted by Gasteiger charge is 2.17. The van der Waals surface area contributed by atoms with Gasteiger partial charge in [0.15, 0.2) is 5.76 Å². The summed E-state index contributed by atoms with van der Waals surface area (Å²) in [5, 5.41) is 1.84. The molecule has 3 rings (SSSR count). The van der Waals surface area contributed by atoms with Gasteiger partial charge in [-0.15, -0.1) is 0 Å². The molecule has 0 unspecified atom stereocenters. The van der Waals surface area contributed by atoms with Crippen LogP contribution in [0, 0.1) is 0 Å². The number of carbonyl (C=O) groups excluding carboxylic acids is 1. The summed E-state index contributed by atoms with van der Waals surface area (Å²) in [6.45, 7) is 0. The predicted molar refractivity (Wildman–Crippen MR) is 80.5 cm³/mol. The van der Waals surface area contributed by atoms with E-state index in [2.05, 4.69) is 0 Å². The van der Waals surface area contributed by atoms with Gasteiger partial charge < -0.3 is 10.2 Å². The molecular formula is C15H9Cl2NO2. The first-order valence-corrected chi connectivity index (χ1v) is 6.59. The van der Waals surface area contributed by atoms with Crippen LogP contribution in [-0.2, 0) is 0 Å². The third-order valence-electron chi connectivity index (χ3n) is 2.96. The molecule has 1 aromatic heterocycles. The monoisotopic (exact) mass is 305 g/mol. The van der Waals surface area contributed by atoms with Crippen LogP contribution >= 0.6 is 23.2 Å². The summed E-state index contributed by atoms with van der Waals surface area (Å²) in [4.78, 5) is 12.4. The molecule has 0 aliphatic rings. The maximum absolute atomic E-state index is 12.4. The lowest BCUT2D eigenvalue weighted by molar-refractivity contribution is 0.101. The first kappa shape index (κ1) is 13.0. The van der Waals surface area contributed by atoms with Gasteiger partial charge in [-0.2, -0.15) is 0 Å². The van der Waals surface area contributed by atoms with Crippen molar-refractivity contribution in [3.8, 4) is 0 Å². The summed E-state index contributed by atoms with van der Waals surface area (Å²) < 4.78 is 5.53. The van der Waals surface area contributed by atoms with Crippen molar-refractivity contribution in [2.24, 2.45) is 0 Å². The molecule has 0 saturated heterocycles. The zero-order chi connectivity index (χ0) is 14.3. The Balaban J connectivity index is 2.08. The van der Waals surface area contributed by atoms with E-state index in [-0.39, 0.29) is 11.5 Å². The highest BCUT2D eigenvalue weighted by atomic mass is 35.5. The first-order valence-electron chi connectivity index (χ1n) is 5.83. The Hall–Kier alpha value is -1.97. The number of benzene rings is 2. The number of carbonyl (C=O) groups is 1. The van der Waals surface area contributed by atoms with Crippen molar-refractivity contribution in [3.63, 3.8) is 0 Å². The zero-order valence-electron chi connectivity index (χ0n) is 10.2. The minimum atomic E-state index is -0.286. The quantitative estimate of drug-likeness (QED) is 0.558. The number of furan rings is 1. The van der Waals surface area contributed by atoms with Crippen LogP contribution in [0.1, 0.15) is 16.1 Å². The number of anilines is 1. The Bertz CT molecular complexity index is 824. The standard InChI is InChI=1S/C15H9Cl2NO2/c16-9-2-4-13-8(5-9)6-14(20-13)15(19)11-3-1-10(17)7-12(11)18/h1-7H,18H2. The first-order chi connectivity index (χ1) is 9.54. The van der Waals surface area contributed by atoms with E-state index in [9.17, 15) is 4.79 Å². The number of nitrogen functional groups attached to an aromatic ring is 1. The molecule has 3 aromatic rings. The van der Waals surface area contributed by atoms with E-state index >= 15 is 0 Å². The van der Waals surface area contributed by atoms with Gasteiger partial charge in [-0.05, 0) is 42.5 Å². The largest absolute Gasteiger partial charge is 0.453 e. The molecule has 0 aliphatic heterocycles. The zero-order valence-corrected chi connectivity index (χ0v) is 11.7. The van der Waals surface area contributed by atoms with Crippen molar-refractivity contribution in [1.29, 1.82) is 0 Å². The summed E-state index contributed by atoms with van der Waals surface area (Å²) in [6.07, 6.45) is 0. The molecule has 0 fully saturated rings. The molecule has 0 aliphatic carbocycles. The fourth-order valence-corrected chi connectivity index (χ4v) is 2.36. The maximum Gasteiger partial charge on any atom is 0.230 e. The Morgan fingerprint density at radius 3 is 2.45 bits per heavy atom. The molecule has 0 amide bonds. The van der Waals surface area contributed by atoms with Crippen molar-refractivity contribution in [3.05, 3.63) is 63.8 Å². The third kappa shape index (κ3) is 2.26. The van der Waals surface area contributed by atoms with E-state index in [1.807, 2.05) is 0 Å². The minimum absolute atomic E-state index is 0.219. The van der Waals surface area contributed by atoms with Gasteiger partial charge in [0.05, 0.1) is 0 Å². The number of ketones is 1. The second-order valence-corrected chi connectivity index (χ2v) is 5.23. The topological polar surface area (TPSA) is 56.2 Å². The number of fused-ring (bicyclic) bond motifs is 1.